The van der Waals surface area contributed by atoms with Crippen molar-refractivity contribution in [1.29, 1.82) is 0 Å². The van der Waals surface area contributed by atoms with E-state index in [0.29, 0.717) is 23.3 Å². The Kier molecular flexibility index (Phi) is 4.71. The Morgan fingerprint density at radius 2 is 2.11 bits per heavy atom. The van der Waals surface area contributed by atoms with E-state index in [-0.39, 0.29) is 24.7 Å². The molecule has 0 unspecified atom stereocenters. The molecule has 1 fully saturated rings. The fourth-order valence-electron chi connectivity index (χ4n) is 2.00. The first-order chi connectivity index (χ1) is 9.11. The number of oxime groups is 1. The Morgan fingerprint density at radius 1 is 1.42 bits per heavy atom. The maximum atomic E-state index is 13.8. The minimum atomic E-state index is -0.573. The van der Waals surface area contributed by atoms with Gasteiger partial charge in [-0.25, -0.2) is 8.78 Å². The first-order valence-electron chi connectivity index (χ1n) is 5.80. The van der Waals surface area contributed by atoms with E-state index < -0.39 is 11.6 Å². The summed E-state index contributed by atoms with van der Waals surface area (Å²) in [4.78, 5) is 4.81. The highest BCUT2D eigenvalue weighted by molar-refractivity contribution is 9.10. The van der Waals surface area contributed by atoms with Crippen molar-refractivity contribution in [1.82, 2.24) is 5.32 Å². The van der Waals surface area contributed by atoms with Gasteiger partial charge in [-0.05, 0) is 12.1 Å². The van der Waals surface area contributed by atoms with Gasteiger partial charge in [0.05, 0.1) is 6.61 Å². The molecule has 1 aliphatic rings. The number of benzene rings is 1. The van der Waals surface area contributed by atoms with Gasteiger partial charge >= 0.3 is 0 Å². The molecule has 2 rings (SSSR count). The third kappa shape index (κ3) is 3.42. The standard InChI is InChI=1S/C12H13BrF2N2O2/c13-8-4-9(14)12(10(15)5-8)7-3-11(16-6-7)17-19-2-1-18/h4-5,7,18H,1-3,6H2,(H,16,17)/t7-/m0/s1. The SMILES string of the molecule is OCCO/N=C1/C[C@H](c2c(F)cc(Br)cc2F)CN1. The van der Waals surface area contributed by atoms with Crippen LogP contribution in [0.3, 0.4) is 0 Å². The summed E-state index contributed by atoms with van der Waals surface area (Å²) in [5.41, 5.74) is 0.0584. The molecule has 2 N–H and O–H groups in total. The van der Waals surface area contributed by atoms with E-state index in [2.05, 4.69) is 26.4 Å². The van der Waals surface area contributed by atoms with Gasteiger partial charge in [-0.3, -0.25) is 0 Å². The number of nitrogens with zero attached hydrogens (tertiary/aromatic N) is 1. The lowest BCUT2D eigenvalue weighted by molar-refractivity contribution is 0.0977. The van der Waals surface area contributed by atoms with Gasteiger partial charge < -0.3 is 15.3 Å². The average Bonchev–Trinajstić information content (AvgIpc) is 2.76. The summed E-state index contributed by atoms with van der Waals surface area (Å²) in [5.74, 6) is -0.933. The topological polar surface area (TPSA) is 53.9 Å². The summed E-state index contributed by atoms with van der Waals surface area (Å²) in [7, 11) is 0. The van der Waals surface area contributed by atoms with Gasteiger partial charge in [0.15, 0.2) is 0 Å². The number of aliphatic hydroxyl groups excluding tert-OH is 1. The van der Waals surface area contributed by atoms with Crippen LogP contribution in [0, 0.1) is 11.6 Å². The fourth-order valence-corrected chi connectivity index (χ4v) is 2.40. The maximum Gasteiger partial charge on any atom is 0.142 e. The summed E-state index contributed by atoms with van der Waals surface area (Å²) in [6.07, 6.45) is 0.376. The highest BCUT2D eigenvalue weighted by Crippen LogP contribution is 2.30. The molecule has 1 atom stereocenters. The van der Waals surface area contributed by atoms with Crippen molar-refractivity contribution >= 4 is 21.8 Å². The molecule has 0 spiro atoms. The van der Waals surface area contributed by atoms with Gasteiger partial charge in [0.2, 0.25) is 0 Å². The van der Waals surface area contributed by atoms with E-state index in [4.69, 9.17) is 9.94 Å². The number of hydrogen-bond acceptors (Lipinski definition) is 3. The number of amidine groups is 1. The maximum absolute atomic E-state index is 13.8. The van der Waals surface area contributed by atoms with Gasteiger partial charge in [0, 0.05) is 28.9 Å². The van der Waals surface area contributed by atoms with Crippen LogP contribution in [0.25, 0.3) is 0 Å². The fraction of sp³-hybridized carbons (Fsp3) is 0.417. The lowest BCUT2D eigenvalue weighted by Crippen LogP contribution is -2.15. The van der Waals surface area contributed by atoms with Gasteiger partial charge in [-0.2, -0.15) is 0 Å². The van der Waals surface area contributed by atoms with E-state index in [1.165, 1.54) is 12.1 Å². The summed E-state index contributed by atoms with van der Waals surface area (Å²) in [5, 5.41) is 15.2. The molecule has 1 aromatic carbocycles. The average molecular weight is 335 g/mol. The molecule has 0 aromatic heterocycles. The number of nitrogens with one attached hydrogen (secondary N) is 1. The van der Waals surface area contributed by atoms with Crippen molar-refractivity contribution in [3.63, 3.8) is 0 Å². The van der Waals surface area contributed by atoms with Crippen molar-refractivity contribution in [3.8, 4) is 0 Å². The molecule has 0 amide bonds. The molecular weight excluding hydrogens is 322 g/mol. The zero-order chi connectivity index (χ0) is 13.8. The summed E-state index contributed by atoms with van der Waals surface area (Å²) >= 11 is 3.05. The molecule has 1 saturated heterocycles. The number of hydrogen-bond donors (Lipinski definition) is 2. The van der Waals surface area contributed by atoms with Crippen molar-refractivity contribution in [2.24, 2.45) is 5.16 Å². The molecule has 4 nitrogen and oxygen atoms in total. The van der Waals surface area contributed by atoms with Crippen LogP contribution in [-0.4, -0.2) is 30.7 Å². The Hall–Kier alpha value is -1.21. The smallest absolute Gasteiger partial charge is 0.142 e. The van der Waals surface area contributed by atoms with Gasteiger partial charge in [0.1, 0.15) is 24.1 Å². The predicted molar refractivity (Wildman–Crippen MR) is 69.9 cm³/mol. The molecular formula is C12H13BrF2N2O2. The molecule has 0 aliphatic carbocycles. The number of aliphatic hydroxyl groups is 1. The van der Waals surface area contributed by atoms with Gasteiger partial charge in [0.25, 0.3) is 0 Å². The third-order valence-corrected chi connectivity index (χ3v) is 3.26. The minimum absolute atomic E-state index is 0.0584. The van der Waals surface area contributed by atoms with Crippen molar-refractivity contribution in [2.45, 2.75) is 12.3 Å². The van der Waals surface area contributed by atoms with Gasteiger partial charge in [-0.1, -0.05) is 21.1 Å². The Labute approximate surface area is 117 Å². The number of rotatable bonds is 4. The van der Waals surface area contributed by atoms with Crippen LogP contribution in [0.2, 0.25) is 0 Å². The van der Waals surface area contributed by atoms with E-state index in [9.17, 15) is 8.78 Å². The summed E-state index contributed by atoms with van der Waals surface area (Å²) < 4.78 is 28.0. The van der Waals surface area contributed by atoms with Crippen LogP contribution < -0.4 is 5.32 Å². The van der Waals surface area contributed by atoms with E-state index in [1.54, 1.807) is 0 Å². The number of halogens is 3. The quantitative estimate of drug-likeness (QED) is 0.655. The Morgan fingerprint density at radius 3 is 2.74 bits per heavy atom. The largest absolute Gasteiger partial charge is 0.393 e. The lowest BCUT2D eigenvalue weighted by Gasteiger charge is -2.10. The van der Waals surface area contributed by atoms with Crippen molar-refractivity contribution < 1.29 is 18.7 Å². The van der Waals surface area contributed by atoms with Crippen LogP contribution in [0.15, 0.2) is 21.8 Å². The molecule has 0 saturated carbocycles. The zero-order valence-corrected chi connectivity index (χ0v) is 11.6. The molecule has 0 radical (unpaired) electrons. The second kappa shape index (κ2) is 6.29. The monoisotopic (exact) mass is 334 g/mol. The highest BCUT2D eigenvalue weighted by Gasteiger charge is 2.27. The van der Waals surface area contributed by atoms with Crippen LogP contribution >= 0.6 is 15.9 Å². The minimum Gasteiger partial charge on any atom is -0.393 e. The second-order valence-corrected chi connectivity index (χ2v) is 5.08. The third-order valence-electron chi connectivity index (χ3n) is 2.80. The zero-order valence-electron chi connectivity index (χ0n) is 10.00. The molecule has 1 aliphatic heterocycles. The van der Waals surface area contributed by atoms with E-state index >= 15 is 0 Å². The molecule has 1 heterocycles. The van der Waals surface area contributed by atoms with Crippen LogP contribution in [0.4, 0.5) is 8.78 Å². The molecule has 104 valence electrons. The van der Waals surface area contributed by atoms with Crippen molar-refractivity contribution in [3.05, 3.63) is 33.8 Å². The molecule has 7 heteroatoms. The van der Waals surface area contributed by atoms with Crippen LogP contribution in [0.1, 0.15) is 17.9 Å². The normalized spacial score (nSPS) is 20.6. The molecule has 19 heavy (non-hydrogen) atoms. The van der Waals surface area contributed by atoms with Crippen LogP contribution in [0.5, 0.6) is 0 Å². The predicted octanol–water partition coefficient (Wildman–Crippen LogP) is 2.13. The highest BCUT2D eigenvalue weighted by atomic mass is 79.9. The Balaban J connectivity index is 2.11. The summed E-state index contributed by atoms with van der Waals surface area (Å²) in [6.45, 7) is 0.365. The van der Waals surface area contributed by atoms with E-state index in [1.807, 2.05) is 0 Å². The molecule has 1 aromatic rings. The molecule has 0 bridgehead atoms. The van der Waals surface area contributed by atoms with Crippen LogP contribution in [-0.2, 0) is 4.84 Å². The first kappa shape index (κ1) is 14.2. The summed E-state index contributed by atoms with van der Waals surface area (Å²) in [6, 6.07) is 2.49. The Bertz CT molecular complexity index is 474. The second-order valence-electron chi connectivity index (χ2n) is 4.16. The lowest BCUT2D eigenvalue weighted by atomic mass is 9.97. The van der Waals surface area contributed by atoms with E-state index in [0.717, 1.165) is 0 Å². The van der Waals surface area contributed by atoms with Crippen molar-refractivity contribution in [2.75, 3.05) is 19.8 Å². The first-order valence-corrected chi connectivity index (χ1v) is 6.59. The van der Waals surface area contributed by atoms with Gasteiger partial charge in [-0.15, -0.1) is 0 Å².